The summed E-state index contributed by atoms with van der Waals surface area (Å²) >= 11 is 0. The number of hydrogen-bond acceptors (Lipinski definition) is 3. The lowest BCUT2D eigenvalue weighted by atomic mass is 9.97. The van der Waals surface area contributed by atoms with E-state index in [1.165, 1.54) is 0 Å². The van der Waals surface area contributed by atoms with Crippen LogP contribution in [0.2, 0.25) is 0 Å². The molecule has 0 heterocycles. The number of aliphatic hydroxyl groups is 1. The highest BCUT2D eigenvalue weighted by molar-refractivity contribution is 5.97. The number of ketones is 1. The molecule has 1 rings (SSSR count). The summed E-state index contributed by atoms with van der Waals surface area (Å²) < 4.78 is 5.14. The second kappa shape index (κ2) is 7.14. The van der Waals surface area contributed by atoms with Crippen molar-refractivity contribution in [3.63, 3.8) is 0 Å². The summed E-state index contributed by atoms with van der Waals surface area (Å²) in [5.41, 5.74) is 0.747. The highest BCUT2D eigenvalue weighted by atomic mass is 16.5. The Morgan fingerprint density at radius 3 is 2.62 bits per heavy atom. The fraction of sp³-hybridized carbons (Fsp3) is 0.462. The van der Waals surface area contributed by atoms with E-state index in [4.69, 9.17) is 9.84 Å². The van der Waals surface area contributed by atoms with Crippen LogP contribution in [-0.4, -0.2) is 30.7 Å². The van der Waals surface area contributed by atoms with Crippen LogP contribution in [0.15, 0.2) is 30.3 Å². The molecule has 0 fully saturated rings. The van der Waals surface area contributed by atoms with Gasteiger partial charge in [-0.25, -0.2) is 0 Å². The van der Waals surface area contributed by atoms with Crippen LogP contribution in [0, 0.1) is 5.92 Å². The van der Waals surface area contributed by atoms with Crippen LogP contribution >= 0.6 is 0 Å². The molecule has 1 unspecified atom stereocenters. The van der Waals surface area contributed by atoms with Crippen LogP contribution in [0.25, 0.3) is 0 Å². The topological polar surface area (TPSA) is 46.5 Å². The predicted molar refractivity (Wildman–Crippen MR) is 62.5 cm³/mol. The van der Waals surface area contributed by atoms with Crippen LogP contribution in [-0.2, 0) is 4.74 Å². The highest BCUT2D eigenvalue weighted by Gasteiger charge is 2.14. The first-order valence-electron chi connectivity index (χ1n) is 5.53. The third-order valence-electron chi connectivity index (χ3n) is 2.44. The molecule has 3 heteroatoms. The number of Topliss-reactive ketones (excluding diaryl/α,β-unsaturated/α-hetero) is 1. The Morgan fingerprint density at radius 1 is 1.31 bits per heavy atom. The first-order chi connectivity index (χ1) is 7.75. The van der Waals surface area contributed by atoms with Gasteiger partial charge in [0.2, 0.25) is 0 Å². The maximum Gasteiger partial charge on any atom is 0.165 e. The van der Waals surface area contributed by atoms with Gasteiger partial charge in [0.05, 0.1) is 13.2 Å². The zero-order chi connectivity index (χ0) is 11.8. The molecule has 0 amide bonds. The molecule has 3 nitrogen and oxygen atoms in total. The van der Waals surface area contributed by atoms with Crippen molar-refractivity contribution in [2.45, 2.75) is 13.3 Å². The second-order valence-corrected chi connectivity index (χ2v) is 3.76. The molecular weight excluding hydrogens is 204 g/mol. The van der Waals surface area contributed by atoms with Gasteiger partial charge in [-0.1, -0.05) is 37.3 Å². The average Bonchev–Trinajstić information content (AvgIpc) is 2.34. The molecule has 0 spiro atoms. The van der Waals surface area contributed by atoms with Crippen molar-refractivity contribution in [2.75, 3.05) is 19.8 Å². The molecule has 0 saturated carbocycles. The molecule has 0 aliphatic heterocycles. The van der Waals surface area contributed by atoms with Gasteiger partial charge in [0, 0.05) is 18.1 Å². The van der Waals surface area contributed by atoms with Crippen LogP contribution in [0.3, 0.4) is 0 Å². The Morgan fingerprint density at radius 2 is 2.00 bits per heavy atom. The normalized spacial score (nSPS) is 12.4. The molecule has 0 radical (unpaired) electrons. The third kappa shape index (κ3) is 4.13. The first kappa shape index (κ1) is 12.9. The fourth-order valence-corrected chi connectivity index (χ4v) is 1.44. The first-order valence-corrected chi connectivity index (χ1v) is 5.53. The summed E-state index contributed by atoms with van der Waals surface area (Å²) in [6.07, 6.45) is 0.688. The van der Waals surface area contributed by atoms with E-state index >= 15 is 0 Å². The van der Waals surface area contributed by atoms with Gasteiger partial charge < -0.3 is 9.84 Å². The Kier molecular flexibility index (Phi) is 5.75. The lowest BCUT2D eigenvalue weighted by Gasteiger charge is -2.10. The van der Waals surface area contributed by atoms with Gasteiger partial charge in [0.25, 0.3) is 0 Å². The highest BCUT2D eigenvalue weighted by Crippen LogP contribution is 2.11. The molecule has 1 N–H and O–H groups in total. The minimum atomic E-state index is -0.0407. The summed E-state index contributed by atoms with van der Waals surface area (Å²) in [5, 5.41) is 8.53. The maximum atomic E-state index is 11.9. The molecule has 16 heavy (non-hydrogen) atoms. The summed E-state index contributed by atoms with van der Waals surface area (Å²) in [6, 6.07) is 9.27. The van der Waals surface area contributed by atoms with Gasteiger partial charge in [-0.2, -0.15) is 0 Å². The standard InChI is InChI=1S/C13H18O3/c1-11(7-9-16-10-8-14)13(15)12-5-3-2-4-6-12/h2-6,11,14H,7-10H2,1H3. The molecule has 0 aliphatic carbocycles. The zero-order valence-corrected chi connectivity index (χ0v) is 9.56. The molecule has 0 aromatic heterocycles. The van der Waals surface area contributed by atoms with Crippen LogP contribution in [0.4, 0.5) is 0 Å². The largest absolute Gasteiger partial charge is 0.394 e. The molecule has 0 aliphatic rings. The van der Waals surface area contributed by atoms with Crippen molar-refractivity contribution >= 4 is 5.78 Å². The molecule has 0 saturated heterocycles. The molecule has 1 aromatic carbocycles. The van der Waals surface area contributed by atoms with E-state index in [0.29, 0.717) is 19.6 Å². The van der Waals surface area contributed by atoms with Gasteiger partial charge in [-0.3, -0.25) is 4.79 Å². The maximum absolute atomic E-state index is 11.9. The quantitative estimate of drug-likeness (QED) is 0.566. The smallest absolute Gasteiger partial charge is 0.165 e. The molecule has 88 valence electrons. The third-order valence-corrected chi connectivity index (χ3v) is 2.44. The Hall–Kier alpha value is -1.19. The summed E-state index contributed by atoms with van der Waals surface area (Å²) in [4.78, 5) is 11.9. The SMILES string of the molecule is CC(CCOCCO)C(=O)c1ccccc1. The summed E-state index contributed by atoms with van der Waals surface area (Å²) in [5.74, 6) is 0.106. The molecule has 0 bridgehead atoms. The van der Waals surface area contributed by atoms with Crippen molar-refractivity contribution < 1.29 is 14.6 Å². The molecular formula is C13H18O3. The lowest BCUT2D eigenvalue weighted by molar-refractivity contribution is 0.0748. The van der Waals surface area contributed by atoms with Gasteiger partial charge >= 0.3 is 0 Å². The van der Waals surface area contributed by atoms with Gasteiger partial charge in [-0.05, 0) is 6.42 Å². The number of hydrogen-bond donors (Lipinski definition) is 1. The number of rotatable bonds is 7. The minimum absolute atomic E-state index is 0.0288. The van der Waals surface area contributed by atoms with Crippen molar-refractivity contribution in [1.29, 1.82) is 0 Å². The van der Waals surface area contributed by atoms with Gasteiger partial charge in [-0.15, -0.1) is 0 Å². The van der Waals surface area contributed by atoms with E-state index in [-0.39, 0.29) is 18.3 Å². The Labute approximate surface area is 96.1 Å². The Balaban J connectivity index is 2.37. The fourth-order valence-electron chi connectivity index (χ4n) is 1.44. The van der Waals surface area contributed by atoms with E-state index in [1.807, 2.05) is 37.3 Å². The zero-order valence-electron chi connectivity index (χ0n) is 9.56. The minimum Gasteiger partial charge on any atom is -0.394 e. The van der Waals surface area contributed by atoms with Gasteiger partial charge in [0.1, 0.15) is 0 Å². The summed E-state index contributed by atoms with van der Waals surface area (Å²) in [7, 11) is 0. The second-order valence-electron chi connectivity index (χ2n) is 3.76. The average molecular weight is 222 g/mol. The molecule has 1 atom stereocenters. The number of carbonyl (C=O) groups is 1. The van der Waals surface area contributed by atoms with Crippen LogP contribution < -0.4 is 0 Å². The number of benzene rings is 1. The van der Waals surface area contributed by atoms with E-state index < -0.39 is 0 Å². The van der Waals surface area contributed by atoms with E-state index in [9.17, 15) is 4.79 Å². The predicted octanol–water partition coefficient (Wildman–Crippen LogP) is 1.90. The van der Waals surface area contributed by atoms with Crippen molar-refractivity contribution in [3.05, 3.63) is 35.9 Å². The monoisotopic (exact) mass is 222 g/mol. The van der Waals surface area contributed by atoms with Crippen molar-refractivity contribution in [2.24, 2.45) is 5.92 Å². The van der Waals surface area contributed by atoms with Gasteiger partial charge in [0.15, 0.2) is 5.78 Å². The van der Waals surface area contributed by atoms with Crippen molar-refractivity contribution in [1.82, 2.24) is 0 Å². The van der Waals surface area contributed by atoms with E-state index in [2.05, 4.69) is 0 Å². The van der Waals surface area contributed by atoms with Crippen LogP contribution in [0.1, 0.15) is 23.7 Å². The lowest BCUT2D eigenvalue weighted by Crippen LogP contribution is -2.14. The van der Waals surface area contributed by atoms with E-state index in [1.54, 1.807) is 0 Å². The summed E-state index contributed by atoms with van der Waals surface area (Å²) in [6.45, 7) is 2.78. The van der Waals surface area contributed by atoms with E-state index in [0.717, 1.165) is 5.56 Å². The molecule has 1 aromatic rings. The van der Waals surface area contributed by atoms with Crippen molar-refractivity contribution in [3.8, 4) is 0 Å². The van der Waals surface area contributed by atoms with Crippen LogP contribution in [0.5, 0.6) is 0 Å². The number of aliphatic hydroxyl groups excluding tert-OH is 1. The number of ether oxygens (including phenoxy) is 1. The Bertz CT molecular complexity index is 308. The number of carbonyl (C=O) groups excluding carboxylic acids is 1.